The summed E-state index contributed by atoms with van der Waals surface area (Å²) in [5.74, 6) is 0. The molecule has 0 atom stereocenters. The van der Waals surface area contributed by atoms with E-state index >= 15 is 0 Å². The topological polar surface area (TPSA) is 3.24 Å². The van der Waals surface area contributed by atoms with Gasteiger partial charge in [0.25, 0.3) is 0 Å². The molecule has 276 valence electrons. The standard InChI is InChI=1S/C58H39N/c1-2-14-45-37-48(26-25-40(45)11-1)47-17-8-19-52(39-47)59(51-34-29-44(30-35-51)55-23-10-24-57-54-21-6-4-13-43(54)31-36-58(55)57)50-32-27-41(28-33-50)46-16-7-18-49(38-46)56-22-9-15-42-12-3-5-20-53(42)56/h1-39H. The average molecular weight is 750 g/mol. The largest absolute Gasteiger partial charge is 0.310 e. The van der Waals surface area contributed by atoms with Crippen LogP contribution in [0, 0.1) is 0 Å². The van der Waals surface area contributed by atoms with Crippen molar-refractivity contribution < 1.29 is 0 Å². The third-order valence-electron chi connectivity index (χ3n) is 11.8. The number of fused-ring (bicyclic) bond motifs is 5. The first-order chi connectivity index (χ1) is 29.2. The lowest BCUT2D eigenvalue weighted by molar-refractivity contribution is 1.28. The van der Waals surface area contributed by atoms with Gasteiger partial charge in [0.2, 0.25) is 0 Å². The summed E-state index contributed by atoms with van der Waals surface area (Å²) in [5, 5.41) is 10.1. The summed E-state index contributed by atoms with van der Waals surface area (Å²) < 4.78 is 0. The van der Waals surface area contributed by atoms with E-state index in [0.717, 1.165) is 17.1 Å². The van der Waals surface area contributed by atoms with Crippen molar-refractivity contribution in [3.63, 3.8) is 0 Å². The van der Waals surface area contributed by atoms with E-state index in [1.807, 2.05) is 0 Å². The minimum Gasteiger partial charge on any atom is -0.310 e. The van der Waals surface area contributed by atoms with Gasteiger partial charge < -0.3 is 4.90 Å². The molecule has 0 aliphatic carbocycles. The molecule has 59 heavy (non-hydrogen) atoms. The Bertz CT molecular complexity index is 3320. The van der Waals surface area contributed by atoms with Gasteiger partial charge >= 0.3 is 0 Å². The molecule has 0 saturated carbocycles. The second-order valence-electron chi connectivity index (χ2n) is 15.3. The van der Waals surface area contributed by atoms with E-state index < -0.39 is 0 Å². The third kappa shape index (κ3) is 6.40. The molecule has 0 aliphatic rings. The Morgan fingerprint density at radius 3 is 1.47 bits per heavy atom. The predicted octanol–water partition coefficient (Wildman–Crippen LogP) is 16.4. The van der Waals surface area contributed by atoms with Crippen LogP contribution >= 0.6 is 0 Å². The third-order valence-corrected chi connectivity index (χ3v) is 11.8. The molecule has 11 aromatic rings. The van der Waals surface area contributed by atoms with Crippen LogP contribution in [-0.4, -0.2) is 0 Å². The summed E-state index contributed by atoms with van der Waals surface area (Å²) >= 11 is 0. The first-order valence-electron chi connectivity index (χ1n) is 20.3. The zero-order valence-corrected chi connectivity index (χ0v) is 32.5. The second-order valence-corrected chi connectivity index (χ2v) is 15.3. The number of hydrogen-bond acceptors (Lipinski definition) is 1. The van der Waals surface area contributed by atoms with Gasteiger partial charge in [-0.2, -0.15) is 0 Å². The van der Waals surface area contributed by atoms with Crippen LogP contribution in [0.2, 0.25) is 0 Å². The van der Waals surface area contributed by atoms with Crippen LogP contribution in [0.3, 0.4) is 0 Å². The zero-order chi connectivity index (χ0) is 39.1. The van der Waals surface area contributed by atoms with Crippen LogP contribution < -0.4 is 4.90 Å². The van der Waals surface area contributed by atoms with Crippen molar-refractivity contribution in [3.8, 4) is 44.5 Å². The molecule has 0 bridgehead atoms. The highest BCUT2D eigenvalue weighted by Gasteiger charge is 2.16. The minimum absolute atomic E-state index is 1.10. The molecular formula is C58H39N. The Hall–Kier alpha value is -7.74. The predicted molar refractivity (Wildman–Crippen MR) is 253 cm³/mol. The Kier molecular flexibility index (Phi) is 8.56. The van der Waals surface area contributed by atoms with E-state index in [1.54, 1.807) is 0 Å². The van der Waals surface area contributed by atoms with Crippen molar-refractivity contribution >= 4 is 60.2 Å². The van der Waals surface area contributed by atoms with Crippen molar-refractivity contribution in [3.05, 3.63) is 237 Å². The Morgan fingerprint density at radius 2 is 0.695 bits per heavy atom. The molecule has 1 nitrogen and oxygen atoms in total. The monoisotopic (exact) mass is 749 g/mol. The van der Waals surface area contributed by atoms with Gasteiger partial charge in [-0.05, 0) is 136 Å². The maximum Gasteiger partial charge on any atom is 0.0467 e. The lowest BCUT2D eigenvalue weighted by Gasteiger charge is -2.26. The number of anilines is 3. The fourth-order valence-electron chi connectivity index (χ4n) is 8.87. The second kappa shape index (κ2) is 14.6. The number of benzene rings is 11. The van der Waals surface area contributed by atoms with Gasteiger partial charge in [0.15, 0.2) is 0 Å². The minimum atomic E-state index is 1.10. The highest BCUT2D eigenvalue weighted by molar-refractivity contribution is 6.12. The first-order valence-corrected chi connectivity index (χ1v) is 20.3. The van der Waals surface area contributed by atoms with E-state index in [-0.39, 0.29) is 0 Å². The van der Waals surface area contributed by atoms with Crippen molar-refractivity contribution in [2.75, 3.05) is 4.90 Å². The molecule has 0 unspecified atom stereocenters. The maximum atomic E-state index is 2.38. The lowest BCUT2D eigenvalue weighted by Crippen LogP contribution is -2.10. The summed E-state index contributed by atoms with van der Waals surface area (Å²) in [4.78, 5) is 2.38. The van der Waals surface area contributed by atoms with Gasteiger partial charge in [0, 0.05) is 17.1 Å². The molecule has 0 aliphatic heterocycles. The van der Waals surface area contributed by atoms with Gasteiger partial charge in [-0.3, -0.25) is 0 Å². The molecular weight excluding hydrogens is 711 g/mol. The van der Waals surface area contributed by atoms with Crippen molar-refractivity contribution in [1.29, 1.82) is 0 Å². The van der Waals surface area contributed by atoms with Gasteiger partial charge in [-0.1, -0.05) is 188 Å². The first kappa shape index (κ1) is 34.5. The highest BCUT2D eigenvalue weighted by atomic mass is 15.1. The maximum absolute atomic E-state index is 2.38. The molecule has 0 saturated heterocycles. The Labute approximate surface area is 344 Å². The van der Waals surface area contributed by atoms with Gasteiger partial charge in [0.1, 0.15) is 0 Å². The molecule has 0 heterocycles. The molecule has 11 aromatic carbocycles. The SMILES string of the molecule is c1cc(-c2ccc(N(c3ccc(-c4cccc5c4ccc4ccccc45)cc3)c3cccc(-c4ccc5ccccc5c4)c3)cc2)cc(-c2cccc3ccccc23)c1. The quantitative estimate of drug-likeness (QED) is 0.147. The summed E-state index contributed by atoms with van der Waals surface area (Å²) in [6.45, 7) is 0. The van der Waals surface area contributed by atoms with Crippen LogP contribution in [0.15, 0.2) is 237 Å². The number of rotatable bonds is 7. The van der Waals surface area contributed by atoms with Crippen LogP contribution in [0.1, 0.15) is 0 Å². The van der Waals surface area contributed by atoms with E-state index in [4.69, 9.17) is 0 Å². The molecule has 0 N–H and O–H groups in total. The van der Waals surface area contributed by atoms with Crippen molar-refractivity contribution in [2.24, 2.45) is 0 Å². The van der Waals surface area contributed by atoms with E-state index in [1.165, 1.54) is 87.6 Å². The summed E-state index contributed by atoms with van der Waals surface area (Å²) in [5.41, 5.74) is 12.9. The van der Waals surface area contributed by atoms with Crippen LogP contribution in [0.5, 0.6) is 0 Å². The van der Waals surface area contributed by atoms with E-state index in [2.05, 4.69) is 241 Å². The van der Waals surface area contributed by atoms with Gasteiger partial charge in [-0.25, -0.2) is 0 Å². The molecule has 0 radical (unpaired) electrons. The van der Waals surface area contributed by atoms with E-state index in [0.29, 0.717) is 0 Å². The smallest absolute Gasteiger partial charge is 0.0467 e. The summed E-state index contributed by atoms with van der Waals surface area (Å²) in [7, 11) is 0. The molecule has 1 heteroatoms. The normalized spacial score (nSPS) is 11.4. The molecule has 11 rings (SSSR count). The Morgan fingerprint density at radius 1 is 0.203 bits per heavy atom. The molecule has 0 spiro atoms. The number of hydrogen-bond donors (Lipinski definition) is 0. The van der Waals surface area contributed by atoms with Crippen LogP contribution in [0.4, 0.5) is 17.1 Å². The van der Waals surface area contributed by atoms with Gasteiger partial charge in [0.05, 0.1) is 0 Å². The highest BCUT2D eigenvalue weighted by Crippen LogP contribution is 2.40. The van der Waals surface area contributed by atoms with Crippen LogP contribution in [0.25, 0.3) is 87.6 Å². The lowest BCUT2D eigenvalue weighted by atomic mass is 9.94. The summed E-state index contributed by atoms with van der Waals surface area (Å²) in [6, 6.07) is 86.3. The van der Waals surface area contributed by atoms with Gasteiger partial charge in [-0.15, -0.1) is 0 Å². The molecule has 0 amide bonds. The van der Waals surface area contributed by atoms with Crippen molar-refractivity contribution in [1.82, 2.24) is 0 Å². The molecule has 0 fully saturated rings. The zero-order valence-electron chi connectivity index (χ0n) is 32.5. The fraction of sp³-hybridized carbons (Fsp3) is 0. The summed E-state index contributed by atoms with van der Waals surface area (Å²) in [6.07, 6.45) is 0. The number of nitrogens with zero attached hydrogens (tertiary/aromatic N) is 1. The van der Waals surface area contributed by atoms with Crippen LogP contribution in [-0.2, 0) is 0 Å². The van der Waals surface area contributed by atoms with E-state index in [9.17, 15) is 0 Å². The fourth-order valence-corrected chi connectivity index (χ4v) is 8.87. The van der Waals surface area contributed by atoms with Crippen molar-refractivity contribution in [2.45, 2.75) is 0 Å². The Balaban J connectivity index is 0.991. The average Bonchev–Trinajstić information content (AvgIpc) is 3.31. The molecule has 0 aromatic heterocycles.